The van der Waals surface area contributed by atoms with E-state index >= 15 is 0 Å². The van der Waals surface area contributed by atoms with Crippen LogP contribution < -0.4 is 0 Å². The van der Waals surface area contributed by atoms with E-state index in [0.29, 0.717) is 11.1 Å². The second-order valence-corrected chi connectivity index (χ2v) is 1.31. The van der Waals surface area contributed by atoms with E-state index in [4.69, 9.17) is 5.48 Å². The first-order chi connectivity index (χ1) is 4.45. The molecule has 1 saturated carbocycles. The topological polar surface area (TPSA) is 0 Å². The van der Waals surface area contributed by atoms with E-state index < -0.39 is 6.37 Å². The van der Waals surface area contributed by atoms with Crippen LogP contribution in [0.3, 0.4) is 0 Å². The van der Waals surface area contributed by atoms with Gasteiger partial charge in [-0.25, -0.2) is 0 Å². The minimum Gasteiger partial charge on any atom is -0.0956 e. The third-order valence-electron chi connectivity index (χ3n) is 0.843. The number of hydrogen-bond acceptors (Lipinski definition) is 0. The molecule has 0 spiro atoms. The van der Waals surface area contributed by atoms with Gasteiger partial charge in [0.25, 0.3) is 0 Å². The molecule has 32 valence electrons. The molecule has 0 heteroatoms. The van der Waals surface area contributed by atoms with Gasteiger partial charge in [-0.3, -0.25) is 0 Å². The maximum Gasteiger partial charge on any atom is 0.0541 e. The zero-order valence-electron chi connectivity index (χ0n) is 7.41. The monoisotopic (exact) mass is 84.1 g/mol. The molecule has 0 radical (unpaired) electrons. The second kappa shape index (κ2) is 0.970. The zero-order valence-corrected chi connectivity index (χ0v) is 3.41. The first kappa shape index (κ1) is 1.22. The Morgan fingerprint density at radius 1 is 1.83 bits per heavy atom. The van der Waals surface area contributed by atoms with Gasteiger partial charge in [0.05, 0.1) is 2.74 Å². The maximum absolute atomic E-state index is 7.16. The number of hydrogen-bond donors (Lipinski definition) is 0. The van der Waals surface area contributed by atoms with E-state index in [1.807, 2.05) is 0 Å². The Morgan fingerprint density at radius 2 is 2.67 bits per heavy atom. The fraction of sp³-hybridized carbons (Fsp3) is 0.333. The molecule has 1 rings (SSSR count). The maximum atomic E-state index is 7.16. The van der Waals surface area contributed by atoms with Crippen molar-refractivity contribution in [2.24, 2.45) is 0 Å². The van der Waals surface area contributed by atoms with E-state index in [-0.39, 0.29) is 13.0 Å². The van der Waals surface area contributed by atoms with E-state index in [9.17, 15) is 0 Å². The Morgan fingerprint density at radius 3 is 2.83 bits per heavy atom. The molecule has 0 saturated heterocycles. The van der Waals surface area contributed by atoms with Crippen LogP contribution in [0.2, 0.25) is 0 Å². The van der Waals surface area contributed by atoms with Crippen LogP contribution in [-0.4, -0.2) is 0 Å². The molecule has 1 aliphatic carbocycles. The summed E-state index contributed by atoms with van der Waals surface area (Å²) < 4.78 is 28.0. The molecule has 0 aromatic carbocycles. The molecule has 1 aliphatic rings. The van der Waals surface area contributed by atoms with Crippen LogP contribution in [0, 0.1) is 0 Å². The molecule has 0 amide bonds. The van der Waals surface area contributed by atoms with Gasteiger partial charge in [-0.05, 0) is 12.8 Å². The van der Waals surface area contributed by atoms with E-state index in [1.54, 1.807) is 0 Å². The molecule has 0 aromatic rings. The minimum absolute atomic E-state index is 0.175. The van der Waals surface area contributed by atoms with Gasteiger partial charge in [-0.2, -0.15) is 0 Å². The molecule has 0 unspecified atom stereocenters. The van der Waals surface area contributed by atoms with Crippen molar-refractivity contribution in [1.29, 1.82) is 0 Å². The standard InChI is InChI=1S/C6H8/c1-5-3-4-6(5)2/h1-4H2/i1D2,4D2. The Hall–Kier alpha value is -0.520. The first-order valence-electron chi connectivity index (χ1n) is 3.81. The average Bonchev–Trinajstić information content (AvgIpc) is 1.82. The van der Waals surface area contributed by atoms with Crippen molar-refractivity contribution in [2.45, 2.75) is 12.8 Å². The molecule has 0 bridgehead atoms. The largest absolute Gasteiger partial charge is 0.0956 e. The lowest BCUT2D eigenvalue weighted by molar-refractivity contribution is 0.834. The zero-order chi connectivity index (χ0) is 7.94. The van der Waals surface area contributed by atoms with Crippen molar-refractivity contribution in [3.63, 3.8) is 0 Å². The number of rotatable bonds is 0. The van der Waals surface area contributed by atoms with E-state index in [1.165, 1.54) is 0 Å². The Labute approximate surface area is 43.8 Å². The van der Waals surface area contributed by atoms with Gasteiger partial charge < -0.3 is 0 Å². The lowest BCUT2D eigenvalue weighted by atomic mass is 9.89. The van der Waals surface area contributed by atoms with Crippen LogP contribution >= 0.6 is 0 Å². The molecule has 0 nitrogen and oxygen atoms in total. The Bertz CT molecular complexity index is 210. The smallest absolute Gasteiger partial charge is 0.0541 e. The number of allylic oxidation sites excluding steroid dienone is 2. The highest BCUT2D eigenvalue weighted by Crippen LogP contribution is 2.28. The van der Waals surface area contributed by atoms with Crippen LogP contribution in [0.4, 0.5) is 0 Å². The molecule has 0 N–H and O–H groups in total. The van der Waals surface area contributed by atoms with Gasteiger partial charge >= 0.3 is 0 Å². The fourth-order valence-electron chi connectivity index (χ4n) is 0.302. The predicted molar refractivity (Wildman–Crippen MR) is 27.5 cm³/mol. The predicted octanol–water partition coefficient (Wildman–Crippen LogP) is 1.89. The molecule has 0 aliphatic heterocycles. The van der Waals surface area contributed by atoms with Crippen molar-refractivity contribution in [1.82, 2.24) is 0 Å². The molecule has 0 atom stereocenters. The van der Waals surface area contributed by atoms with Crippen molar-refractivity contribution in [2.75, 3.05) is 0 Å². The van der Waals surface area contributed by atoms with Crippen molar-refractivity contribution >= 4 is 0 Å². The van der Waals surface area contributed by atoms with Crippen molar-refractivity contribution < 1.29 is 5.48 Å². The summed E-state index contributed by atoms with van der Waals surface area (Å²) in [5, 5.41) is 0. The summed E-state index contributed by atoms with van der Waals surface area (Å²) in [5.74, 6) is 0. The van der Waals surface area contributed by atoms with Gasteiger partial charge in [-0.15, -0.1) is 0 Å². The first-order valence-corrected chi connectivity index (χ1v) is 1.81. The van der Waals surface area contributed by atoms with Gasteiger partial charge in [0.1, 0.15) is 0 Å². The van der Waals surface area contributed by atoms with Crippen LogP contribution in [0.5, 0.6) is 0 Å². The Kier molecular flexibility index (Phi) is 0.198. The molecule has 1 fully saturated rings. The van der Waals surface area contributed by atoms with Crippen LogP contribution in [0.15, 0.2) is 24.3 Å². The summed E-state index contributed by atoms with van der Waals surface area (Å²) in [5.41, 5.74) is 0.748. The molecule has 0 heterocycles. The van der Waals surface area contributed by atoms with Gasteiger partial charge in [0.2, 0.25) is 0 Å². The quantitative estimate of drug-likeness (QED) is 0.420. The summed E-state index contributed by atoms with van der Waals surface area (Å²) >= 11 is 0. The lowest BCUT2D eigenvalue weighted by Crippen LogP contribution is -1.97. The SMILES string of the molecule is [2H]C([2H])=C1CC([2H])([2H])C1=C. The molecule has 0 aromatic heterocycles. The van der Waals surface area contributed by atoms with Crippen LogP contribution in [-0.2, 0) is 0 Å². The minimum atomic E-state index is -1.36. The van der Waals surface area contributed by atoms with E-state index in [2.05, 4.69) is 6.58 Å². The van der Waals surface area contributed by atoms with Crippen molar-refractivity contribution in [3.8, 4) is 0 Å². The molecular formula is C6H8. The summed E-state index contributed by atoms with van der Waals surface area (Å²) in [7, 11) is 0. The third kappa shape index (κ3) is 0.298. The fourth-order valence-corrected chi connectivity index (χ4v) is 0.302. The summed E-state index contributed by atoms with van der Waals surface area (Å²) in [6.45, 7) is 3.14. The molecule has 6 heavy (non-hydrogen) atoms. The van der Waals surface area contributed by atoms with Crippen LogP contribution in [0.25, 0.3) is 0 Å². The third-order valence-corrected chi connectivity index (χ3v) is 0.843. The van der Waals surface area contributed by atoms with E-state index in [0.717, 1.165) is 0 Å². The van der Waals surface area contributed by atoms with Gasteiger partial charge in [-0.1, -0.05) is 24.3 Å². The van der Waals surface area contributed by atoms with Gasteiger partial charge in [0.15, 0.2) is 0 Å². The van der Waals surface area contributed by atoms with Crippen LogP contribution in [0.1, 0.15) is 18.3 Å². The lowest BCUT2D eigenvalue weighted by Gasteiger charge is -2.17. The normalized spacial score (nSPS) is 38.0. The summed E-state index contributed by atoms with van der Waals surface area (Å²) in [4.78, 5) is 0. The average molecular weight is 84.2 g/mol. The highest BCUT2D eigenvalue weighted by molar-refractivity contribution is 5.34. The second-order valence-electron chi connectivity index (χ2n) is 1.31. The highest BCUT2D eigenvalue weighted by Gasteiger charge is 2.08. The van der Waals surface area contributed by atoms with Gasteiger partial charge in [0, 0.05) is 2.74 Å². The summed E-state index contributed by atoms with van der Waals surface area (Å²) in [6, 6.07) is 0. The highest BCUT2D eigenvalue weighted by atomic mass is 14.1. The Balaban J connectivity index is 2.83. The molecular weight excluding hydrogens is 72.1 g/mol. The van der Waals surface area contributed by atoms with Crippen molar-refractivity contribution in [3.05, 3.63) is 24.3 Å². The summed E-state index contributed by atoms with van der Waals surface area (Å²) in [6.07, 6.45) is -1.18.